The largest absolute Gasteiger partial charge is 0.473 e. The van der Waals surface area contributed by atoms with E-state index in [-0.39, 0.29) is 0 Å². The Morgan fingerprint density at radius 2 is 1.92 bits per heavy atom. The van der Waals surface area contributed by atoms with Crippen LogP contribution in [-0.4, -0.2) is 59.1 Å². The molecular formula is C20H34N3O2+. The summed E-state index contributed by atoms with van der Waals surface area (Å²) < 4.78 is 13.8. The first-order chi connectivity index (χ1) is 12.1. The molecule has 3 aliphatic rings. The minimum atomic E-state index is 0.353. The molecule has 1 saturated carbocycles. The third-order valence-corrected chi connectivity index (χ3v) is 5.41. The monoisotopic (exact) mass is 348 g/mol. The van der Waals surface area contributed by atoms with Gasteiger partial charge >= 0.3 is 0 Å². The van der Waals surface area contributed by atoms with E-state index in [4.69, 9.17) is 14.6 Å². The summed E-state index contributed by atoms with van der Waals surface area (Å²) in [5, 5.41) is 4.69. The molecule has 1 aliphatic carbocycles. The third kappa shape index (κ3) is 4.70. The smallest absolute Gasteiger partial charge is 0.288 e. The maximum absolute atomic E-state index is 5.88. The lowest BCUT2D eigenvalue weighted by atomic mass is 9.91. The highest BCUT2D eigenvalue weighted by Gasteiger charge is 2.33. The molecule has 2 heterocycles. The minimum absolute atomic E-state index is 0.353. The first-order valence-electron chi connectivity index (χ1n) is 10.0. The van der Waals surface area contributed by atoms with Gasteiger partial charge in [-0.05, 0) is 40.0 Å². The van der Waals surface area contributed by atoms with Crippen molar-refractivity contribution in [2.75, 3.05) is 19.7 Å². The maximum Gasteiger partial charge on any atom is 0.288 e. The Kier molecular flexibility index (Phi) is 6.29. The van der Waals surface area contributed by atoms with Gasteiger partial charge in [-0.1, -0.05) is 18.0 Å². The fraction of sp³-hybridized carbons (Fsp3) is 0.800. The zero-order valence-corrected chi connectivity index (χ0v) is 16.3. The molecule has 0 bridgehead atoms. The van der Waals surface area contributed by atoms with E-state index in [1.807, 2.05) is 0 Å². The van der Waals surface area contributed by atoms with Gasteiger partial charge in [0.15, 0.2) is 5.71 Å². The molecule has 5 heteroatoms. The lowest BCUT2D eigenvalue weighted by molar-refractivity contribution is -0.462. The van der Waals surface area contributed by atoms with Crippen LogP contribution in [-0.2, 0) is 9.47 Å². The number of rotatable bonds is 4. The highest BCUT2D eigenvalue weighted by molar-refractivity contribution is 5.94. The van der Waals surface area contributed by atoms with Gasteiger partial charge in [0.05, 0.1) is 24.4 Å². The molecule has 0 aromatic carbocycles. The van der Waals surface area contributed by atoms with E-state index < -0.39 is 0 Å². The molecule has 0 N–H and O–H groups in total. The van der Waals surface area contributed by atoms with Gasteiger partial charge in [0.2, 0.25) is 6.20 Å². The molecule has 5 nitrogen and oxygen atoms in total. The van der Waals surface area contributed by atoms with Crippen LogP contribution in [0.4, 0.5) is 0 Å². The summed E-state index contributed by atoms with van der Waals surface area (Å²) in [5.41, 5.74) is 2.57. The molecule has 3 rings (SSSR count). The second-order valence-corrected chi connectivity index (χ2v) is 7.77. The van der Waals surface area contributed by atoms with E-state index in [0.29, 0.717) is 18.2 Å². The van der Waals surface area contributed by atoms with E-state index in [1.54, 1.807) is 0 Å². The van der Waals surface area contributed by atoms with Crippen molar-refractivity contribution in [3.63, 3.8) is 0 Å². The van der Waals surface area contributed by atoms with E-state index in [1.165, 1.54) is 18.6 Å². The Morgan fingerprint density at radius 3 is 2.56 bits per heavy atom. The second-order valence-electron chi connectivity index (χ2n) is 7.77. The van der Waals surface area contributed by atoms with Gasteiger partial charge in [0.25, 0.3) is 5.90 Å². The average molecular weight is 349 g/mol. The summed E-state index contributed by atoms with van der Waals surface area (Å²) in [6.07, 6.45) is 9.77. The molecule has 25 heavy (non-hydrogen) atoms. The molecule has 2 atom stereocenters. The van der Waals surface area contributed by atoms with E-state index >= 15 is 0 Å². The van der Waals surface area contributed by atoms with Crippen LogP contribution in [0.2, 0.25) is 0 Å². The van der Waals surface area contributed by atoms with Crippen LogP contribution in [0.3, 0.4) is 0 Å². The van der Waals surface area contributed by atoms with Gasteiger partial charge in [-0.15, -0.1) is 0 Å². The van der Waals surface area contributed by atoms with Crippen LogP contribution in [0.5, 0.6) is 0 Å². The summed E-state index contributed by atoms with van der Waals surface area (Å²) in [7, 11) is 0. The molecule has 1 saturated heterocycles. The molecule has 0 aromatic heterocycles. The molecule has 0 radical (unpaired) electrons. The van der Waals surface area contributed by atoms with Crippen LogP contribution < -0.4 is 0 Å². The molecule has 0 aromatic rings. The summed E-state index contributed by atoms with van der Waals surface area (Å²) in [4.78, 5) is 2.64. The first kappa shape index (κ1) is 18.6. The fourth-order valence-electron chi connectivity index (χ4n) is 4.11. The Balaban J connectivity index is 1.57. The fourth-order valence-corrected chi connectivity index (χ4v) is 4.11. The molecule has 0 unspecified atom stereocenters. The number of unbranched alkanes of at least 4 members (excludes halogenated alkanes) is 1. The topological polar surface area (TPSA) is 37.1 Å². The van der Waals surface area contributed by atoms with Crippen molar-refractivity contribution < 1.29 is 14.2 Å². The van der Waals surface area contributed by atoms with Crippen LogP contribution in [0.15, 0.2) is 16.9 Å². The third-order valence-electron chi connectivity index (χ3n) is 5.41. The quantitative estimate of drug-likeness (QED) is 0.576. The van der Waals surface area contributed by atoms with E-state index in [9.17, 15) is 0 Å². The van der Waals surface area contributed by atoms with Gasteiger partial charge < -0.3 is 9.47 Å². The van der Waals surface area contributed by atoms with Gasteiger partial charge in [-0.3, -0.25) is 4.90 Å². The number of hydrogen-bond acceptors (Lipinski definition) is 4. The van der Waals surface area contributed by atoms with Crippen molar-refractivity contribution in [2.24, 2.45) is 5.10 Å². The molecule has 2 fully saturated rings. The number of morpholine rings is 1. The Hall–Kier alpha value is -1.20. The number of hydrogen-bond donors (Lipinski definition) is 0. The van der Waals surface area contributed by atoms with Crippen LogP contribution in [0.1, 0.15) is 66.2 Å². The van der Waals surface area contributed by atoms with E-state index in [2.05, 4.69) is 43.5 Å². The summed E-state index contributed by atoms with van der Waals surface area (Å²) in [6, 6.07) is 0.689. The zero-order valence-electron chi connectivity index (χ0n) is 16.3. The summed E-state index contributed by atoms with van der Waals surface area (Å²) in [5.74, 6) is 0.805. The standard InChI is InChI=1S/C20H34N3O2/c1-5-6-11-24-20-15(2)12-23(21-20)19-9-7-18(8-10-19)22-13-16(3)25-17(4)14-22/h12,16-18H,5-11,13-14H2,1-4H3/q+1/t16-,17+,18?. The lowest BCUT2D eigenvalue weighted by Gasteiger charge is -2.41. The minimum Gasteiger partial charge on any atom is -0.473 e. The average Bonchev–Trinajstić information content (AvgIpc) is 2.95. The predicted octanol–water partition coefficient (Wildman–Crippen LogP) is 3.54. The van der Waals surface area contributed by atoms with Crippen LogP contribution >= 0.6 is 0 Å². The van der Waals surface area contributed by atoms with Crippen molar-refractivity contribution >= 4 is 11.6 Å². The molecule has 2 aliphatic heterocycles. The maximum atomic E-state index is 5.88. The predicted molar refractivity (Wildman–Crippen MR) is 101 cm³/mol. The lowest BCUT2D eigenvalue weighted by Crippen LogP contribution is -2.51. The van der Waals surface area contributed by atoms with Gasteiger partial charge in [-0.2, -0.15) is 0 Å². The van der Waals surface area contributed by atoms with Gasteiger partial charge in [0, 0.05) is 37.1 Å². The summed E-state index contributed by atoms with van der Waals surface area (Å²) >= 11 is 0. The number of nitrogens with zero attached hydrogens (tertiary/aromatic N) is 3. The first-order valence-corrected chi connectivity index (χ1v) is 10.0. The highest BCUT2D eigenvalue weighted by atomic mass is 16.5. The van der Waals surface area contributed by atoms with Gasteiger partial charge in [0.1, 0.15) is 0 Å². The normalized spacial score (nSPS) is 31.1. The van der Waals surface area contributed by atoms with Crippen LogP contribution in [0.25, 0.3) is 0 Å². The number of ether oxygens (including phenoxy) is 2. The summed E-state index contributed by atoms with van der Waals surface area (Å²) in [6.45, 7) is 11.6. The Morgan fingerprint density at radius 1 is 1.24 bits per heavy atom. The number of hydrazone groups is 1. The van der Waals surface area contributed by atoms with Crippen LogP contribution in [0, 0.1) is 0 Å². The van der Waals surface area contributed by atoms with Crippen molar-refractivity contribution in [3.05, 3.63) is 11.8 Å². The second kappa shape index (κ2) is 8.45. The van der Waals surface area contributed by atoms with Crippen molar-refractivity contribution in [1.29, 1.82) is 0 Å². The van der Waals surface area contributed by atoms with E-state index in [0.717, 1.165) is 56.9 Å². The van der Waals surface area contributed by atoms with Crippen molar-refractivity contribution in [2.45, 2.75) is 84.5 Å². The van der Waals surface area contributed by atoms with Crippen molar-refractivity contribution in [3.8, 4) is 0 Å². The SMILES string of the molecule is CCCCOC1=N[N+](=C2CCC(N3C[C@@H](C)O[C@@H](C)C3)CC2)C=C1C. The Labute approximate surface area is 152 Å². The Bertz CT molecular complexity index is 547. The molecular weight excluding hydrogens is 314 g/mol. The molecule has 0 amide bonds. The molecule has 0 spiro atoms. The molecule has 140 valence electrons. The van der Waals surface area contributed by atoms with Crippen molar-refractivity contribution in [1.82, 2.24) is 4.90 Å². The zero-order chi connectivity index (χ0) is 17.8. The highest BCUT2D eigenvalue weighted by Crippen LogP contribution is 2.25. The van der Waals surface area contributed by atoms with Gasteiger partial charge in [-0.25, -0.2) is 0 Å².